The molecule has 0 aromatic heterocycles. The monoisotopic (exact) mass is 230 g/mol. The van der Waals surface area contributed by atoms with Gasteiger partial charge in [0.1, 0.15) is 6.54 Å². The molecule has 6 nitrogen and oxygen atoms in total. The summed E-state index contributed by atoms with van der Waals surface area (Å²) < 4.78 is 10.0. The molecule has 1 amide bonds. The van der Waals surface area contributed by atoms with Crippen molar-refractivity contribution in [1.82, 2.24) is 10.6 Å². The maximum absolute atomic E-state index is 11.4. The second-order valence-corrected chi connectivity index (χ2v) is 3.48. The first-order valence-electron chi connectivity index (χ1n) is 5.47. The lowest BCUT2D eigenvalue weighted by molar-refractivity contribution is -0.143. The van der Waals surface area contributed by atoms with Crippen LogP contribution in [0.25, 0.3) is 0 Å². The van der Waals surface area contributed by atoms with E-state index in [9.17, 15) is 9.59 Å². The number of esters is 1. The molecule has 92 valence electrons. The molecule has 1 atom stereocenters. The number of carbonyl (C=O) groups excluding carboxylic acids is 2. The van der Waals surface area contributed by atoms with Gasteiger partial charge in [0.15, 0.2) is 0 Å². The third-order valence-electron chi connectivity index (χ3n) is 2.15. The highest BCUT2D eigenvalue weighted by Crippen LogP contribution is 2.00. The van der Waals surface area contributed by atoms with Gasteiger partial charge in [-0.3, -0.25) is 9.59 Å². The summed E-state index contributed by atoms with van der Waals surface area (Å²) in [7, 11) is 0. The Labute approximate surface area is 94.7 Å². The first-order valence-corrected chi connectivity index (χ1v) is 5.47. The molecule has 1 rings (SSSR count). The number of carbonyl (C=O) groups is 2. The minimum absolute atomic E-state index is 0.0766. The van der Waals surface area contributed by atoms with Crippen LogP contribution in [0.1, 0.15) is 13.3 Å². The van der Waals surface area contributed by atoms with Crippen LogP contribution in [0.3, 0.4) is 0 Å². The molecule has 0 bridgehead atoms. The van der Waals surface area contributed by atoms with E-state index in [0.717, 1.165) is 6.54 Å². The quantitative estimate of drug-likeness (QED) is 0.595. The minimum Gasteiger partial charge on any atom is -0.465 e. The predicted octanol–water partition coefficient (Wildman–Crippen LogP) is -0.956. The predicted molar refractivity (Wildman–Crippen MR) is 56.9 cm³/mol. The van der Waals surface area contributed by atoms with E-state index in [4.69, 9.17) is 4.74 Å². The van der Waals surface area contributed by atoms with Crippen LogP contribution in [0.4, 0.5) is 0 Å². The van der Waals surface area contributed by atoms with E-state index in [1.54, 1.807) is 6.92 Å². The molecule has 0 aliphatic carbocycles. The van der Waals surface area contributed by atoms with Crippen molar-refractivity contribution < 1.29 is 19.1 Å². The molecule has 1 unspecified atom stereocenters. The van der Waals surface area contributed by atoms with Crippen LogP contribution in [0.15, 0.2) is 0 Å². The van der Waals surface area contributed by atoms with Crippen molar-refractivity contribution in [2.45, 2.75) is 19.4 Å². The fourth-order valence-corrected chi connectivity index (χ4v) is 1.41. The highest BCUT2D eigenvalue weighted by atomic mass is 16.5. The van der Waals surface area contributed by atoms with E-state index in [1.807, 2.05) is 0 Å². The zero-order chi connectivity index (χ0) is 11.8. The Bertz CT molecular complexity index is 239. The number of rotatable bonds is 5. The molecule has 0 aromatic carbocycles. The van der Waals surface area contributed by atoms with Gasteiger partial charge in [0, 0.05) is 13.1 Å². The van der Waals surface area contributed by atoms with Gasteiger partial charge < -0.3 is 20.1 Å². The highest BCUT2D eigenvalue weighted by molar-refractivity contribution is 5.82. The van der Waals surface area contributed by atoms with Gasteiger partial charge in [0.2, 0.25) is 5.91 Å². The van der Waals surface area contributed by atoms with Gasteiger partial charge in [-0.25, -0.2) is 0 Å². The van der Waals surface area contributed by atoms with Crippen LogP contribution in [-0.4, -0.2) is 50.8 Å². The SMILES string of the molecule is CCOC(=O)CNC(=O)CC1CNCCO1. The zero-order valence-electron chi connectivity index (χ0n) is 9.45. The van der Waals surface area contributed by atoms with E-state index in [2.05, 4.69) is 15.4 Å². The minimum atomic E-state index is -0.418. The summed E-state index contributed by atoms with van der Waals surface area (Å²) >= 11 is 0. The van der Waals surface area contributed by atoms with Crippen LogP contribution in [0.5, 0.6) is 0 Å². The topological polar surface area (TPSA) is 76.7 Å². The Morgan fingerprint density at radius 1 is 1.56 bits per heavy atom. The molecule has 1 heterocycles. The summed E-state index contributed by atoms with van der Waals surface area (Å²) in [5.74, 6) is -0.611. The van der Waals surface area contributed by atoms with Crippen LogP contribution in [0.2, 0.25) is 0 Å². The maximum Gasteiger partial charge on any atom is 0.325 e. The molecule has 0 aromatic rings. The standard InChI is InChI=1S/C10H18N2O4/c1-2-15-10(14)7-12-9(13)5-8-6-11-3-4-16-8/h8,11H,2-7H2,1H3,(H,12,13). The molecule has 1 fully saturated rings. The van der Waals surface area contributed by atoms with Crippen LogP contribution < -0.4 is 10.6 Å². The normalized spacial score (nSPS) is 20.2. The average Bonchev–Trinajstić information content (AvgIpc) is 2.28. The number of nitrogens with one attached hydrogen (secondary N) is 2. The van der Waals surface area contributed by atoms with Gasteiger partial charge in [-0.15, -0.1) is 0 Å². The van der Waals surface area contributed by atoms with Crippen LogP contribution in [-0.2, 0) is 19.1 Å². The largest absolute Gasteiger partial charge is 0.465 e. The van der Waals surface area contributed by atoms with Gasteiger partial charge >= 0.3 is 5.97 Å². The number of hydrogen-bond acceptors (Lipinski definition) is 5. The second-order valence-electron chi connectivity index (χ2n) is 3.48. The number of hydrogen-bond donors (Lipinski definition) is 2. The van der Waals surface area contributed by atoms with Gasteiger partial charge in [-0.2, -0.15) is 0 Å². The van der Waals surface area contributed by atoms with Crippen LogP contribution in [0, 0.1) is 0 Å². The van der Waals surface area contributed by atoms with Gasteiger partial charge in [-0.1, -0.05) is 0 Å². The van der Waals surface area contributed by atoms with Crippen molar-refractivity contribution in [3.05, 3.63) is 0 Å². The fourth-order valence-electron chi connectivity index (χ4n) is 1.41. The lowest BCUT2D eigenvalue weighted by Gasteiger charge is -2.22. The van der Waals surface area contributed by atoms with E-state index >= 15 is 0 Å². The first-order chi connectivity index (χ1) is 7.72. The average molecular weight is 230 g/mol. The lowest BCUT2D eigenvalue weighted by atomic mass is 10.2. The van der Waals surface area contributed by atoms with Crippen LogP contribution >= 0.6 is 0 Å². The molecule has 2 N–H and O–H groups in total. The highest BCUT2D eigenvalue weighted by Gasteiger charge is 2.17. The summed E-state index contributed by atoms with van der Waals surface area (Å²) in [5, 5.41) is 5.62. The molecule has 1 aliphatic heterocycles. The summed E-state index contributed by atoms with van der Waals surface area (Å²) in [5.41, 5.74) is 0. The Balaban J connectivity index is 2.12. The van der Waals surface area contributed by atoms with E-state index < -0.39 is 5.97 Å². The van der Waals surface area contributed by atoms with Crippen molar-refractivity contribution in [3.63, 3.8) is 0 Å². The third kappa shape index (κ3) is 5.09. The molecule has 0 radical (unpaired) electrons. The summed E-state index contributed by atoms with van der Waals surface area (Å²) in [6, 6.07) is 0. The Morgan fingerprint density at radius 3 is 3.00 bits per heavy atom. The van der Waals surface area contributed by atoms with Crippen molar-refractivity contribution in [2.75, 3.05) is 32.8 Å². The summed E-state index contributed by atoms with van der Waals surface area (Å²) in [6.45, 7) is 4.09. The number of morpholine rings is 1. The molecule has 1 aliphatic rings. The summed E-state index contributed by atoms with van der Waals surface area (Å²) in [6.07, 6.45) is 0.169. The van der Waals surface area contributed by atoms with E-state index in [1.165, 1.54) is 0 Å². The van der Waals surface area contributed by atoms with Crippen molar-refractivity contribution >= 4 is 11.9 Å². The molecule has 16 heavy (non-hydrogen) atoms. The van der Waals surface area contributed by atoms with Crippen molar-refractivity contribution in [3.8, 4) is 0 Å². The van der Waals surface area contributed by atoms with Gasteiger partial charge in [0.25, 0.3) is 0 Å². The molecule has 0 saturated carbocycles. The molecular weight excluding hydrogens is 212 g/mol. The Morgan fingerprint density at radius 2 is 2.38 bits per heavy atom. The molecule has 0 spiro atoms. The van der Waals surface area contributed by atoms with Crippen molar-refractivity contribution in [1.29, 1.82) is 0 Å². The Kier molecular flexibility index (Phi) is 5.81. The molecule has 1 saturated heterocycles. The molecule has 6 heteroatoms. The van der Waals surface area contributed by atoms with Gasteiger partial charge in [0.05, 0.1) is 25.7 Å². The third-order valence-corrected chi connectivity index (χ3v) is 2.15. The molecular formula is C10H18N2O4. The smallest absolute Gasteiger partial charge is 0.325 e. The zero-order valence-corrected chi connectivity index (χ0v) is 9.45. The summed E-state index contributed by atoms with van der Waals surface area (Å²) in [4.78, 5) is 22.4. The second kappa shape index (κ2) is 7.19. The van der Waals surface area contributed by atoms with Gasteiger partial charge in [-0.05, 0) is 6.92 Å². The Hall–Kier alpha value is -1.14. The van der Waals surface area contributed by atoms with Crippen molar-refractivity contribution in [2.24, 2.45) is 0 Å². The maximum atomic E-state index is 11.4. The first kappa shape index (κ1) is 12.9. The van der Waals surface area contributed by atoms with E-state index in [0.29, 0.717) is 19.8 Å². The fraction of sp³-hybridized carbons (Fsp3) is 0.800. The number of ether oxygens (including phenoxy) is 2. The number of amides is 1. The van der Waals surface area contributed by atoms with E-state index in [-0.39, 0.29) is 25.0 Å². The lowest BCUT2D eigenvalue weighted by Crippen LogP contribution is -2.42.